The number of hydrogen-bond donors (Lipinski definition) is 5. The van der Waals surface area contributed by atoms with E-state index in [0.717, 1.165) is 27.5 Å². The average Bonchev–Trinajstić information content (AvgIpc) is 3.07. The van der Waals surface area contributed by atoms with Crippen molar-refractivity contribution in [2.24, 2.45) is 12.2 Å². The zero-order chi connectivity index (χ0) is 28.5. The van der Waals surface area contributed by atoms with Gasteiger partial charge in [0.1, 0.15) is 24.9 Å². The second-order valence-electron chi connectivity index (χ2n) is 8.27. The van der Waals surface area contributed by atoms with E-state index in [-0.39, 0.29) is 12.1 Å². The summed E-state index contributed by atoms with van der Waals surface area (Å²) in [6.07, 6.45) is -9.62. The highest BCUT2D eigenvalue weighted by molar-refractivity contribution is 7.70. The molecule has 3 rings (SSSR count). The molecule has 5 atom stereocenters. The van der Waals surface area contributed by atoms with E-state index in [4.69, 9.17) is 19.4 Å². The van der Waals surface area contributed by atoms with Crippen molar-refractivity contribution in [2.75, 3.05) is 12.5 Å². The van der Waals surface area contributed by atoms with Gasteiger partial charge in [-0.1, -0.05) is 17.3 Å². The van der Waals surface area contributed by atoms with Crippen molar-refractivity contribution >= 4 is 15.2 Å². The molecule has 1 saturated heterocycles. The lowest BCUT2D eigenvalue weighted by molar-refractivity contribution is -0.137. The second kappa shape index (κ2) is 11.4. The van der Waals surface area contributed by atoms with E-state index in [1.54, 1.807) is 0 Å². The molecule has 38 heavy (non-hydrogen) atoms. The third-order valence-corrected chi connectivity index (χ3v) is 8.78. The van der Waals surface area contributed by atoms with Gasteiger partial charge >= 0.3 is 27.1 Å². The van der Waals surface area contributed by atoms with E-state index in [1.807, 2.05) is 0 Å². The van der Waals surface area contributed by atoms with Crippen LogP contribution in [0.5, 0.6) is 0 Å². The van der Waals surface area contributed by atoms with Gasteiger partial charge < -0.3 is 39.0 Å². The molecule has 212 valence electrons. The van der Waals surface area contributed by atoms with E-state index in [9.17, 15) is 42.2 Å². The number of hydrogen-bond acceptors (Lipinski definition) is 9. The van der Waals surface area contributed by atoms with Crippen molar-refractivity contribution in [1.82, 2.24) is 9.13 Å². The number of benzene rings is 1. The Balaban J connectivity index is 1.69. The van der Waals surface area contributed by atoms with Crippen LogP contribution < -0.4 is 11.2 Å². The van der Waals surface area contributed by atoms with Crippen LogP contribution in [0, 0.1) is 0 Å². The Morgan fingerprint density at radius 1 is 1.08 bits per heavy atom. The lowest BCUT2D eigenvalue weighted by atomic mass is 10.1. The molecule has 0 radical (unpaired) electrons. The highest BCUT2D eigenvalue weighted by atomic mass is 31.2. The Kier molecular flexibility index (Phi) is 9.08. The van der Waals surface area contributed by atoms with Crippen LogP contribution in [-0.2, 0) is 43.1 Å². The van der Waals surface area contributed by atoms with Gasteiger partial charge in [0.2, 0.25) is 0 Å². The standard InChI is InChI=1S/C19H24F3N3O11P2/c1-24-14(23-34-8-11-2-4-12(5-3-11)19(20,21)22)6-7-25(18(24)28)17-16(27)15(26)13(36-17)9-35-38(32,33)10-37(29,30)31/h2-7,13,15-17,26-27H,8-10H2,1H3,(H,32,33)(H2,29,30,31)/t13-,15-,16-,17-/m1/s1. The van der Waals surface area contributed by atoms with Crippen molar-refractivity contribution in [3.63, 3.8) is 0 Å². The Labute approximate surface area is 211 Å². The molecular formula is C19H24F3N3O11P2. The number of aromatic nitrogens is 2. The topological polar surface area (TPSA) is 202 Å². The minimum absolute atomic E-state index is 0.00950. The monoisotopic (exact) mass is 589 g/mol. The Hall–Kier alpha value is -2.33. The van der Waals surface area contributed by atoms with Crippen molar-refractivity contribution < 1.29 is 61.3 Å². The smallest absolute Gasteiger partial charge is 0.389 e. The van der Waals surface area contributed by atoms with E-state index in [1.165, 1.54) is 25.2 Å². The number of rotatable bonds is 9. The maximum atomic E-state index is 12.8. The Bertz CT molecular complexity index is 1360. The molecule has 5 N–H and O–H groups in total. The van der Waals surface area contributed by atoms with Gasteiger partial charge in [0, 0.05) is 19.3 Å². The maximum absolute atomic E-state index is 12.8. The summed E-state index contributed by atoms with van der Waals surface area (Å²) in [6, 6.07) is 5.47. The van der Waals surface area contributed by atoms with Crippen LogP contribution in [0.25, 0.3) is 0 Å². The third-order valence-electron chi connectivity index (χ3n) is 5.32. The first kappa shape index (κ1) is 30.2. The second-order valence-corrected chi connectivity index (χ2v) is 12.3. The van der Waals surface area contributed by atoms with Gasteiger partial charge in [0.15, 0.2) is 17.6 Å². The van der Waals surface area contributed by atoms with Gasteiger partial charge in [-0.05, 0) is 17.7 Å². The van der Waals surface area contributed by atoms with Crippen LogP contribution in [0.2, 0.25) is 0 Å². The molecule has 2 heterocycles. The molecule has 1 aliphatic heterocycles. The minimum atomic E-state index is -4.89. The number of nitrogens with zero attached hydrogens (tertiary/aromatic N) is 3. The highest BCUT2D eigenvalue weighted by Gasteiger charge is 2.45. The molecule has 0 saturated carbocycles. The summed E-state index contributed by atoms with van der Waals surface area (Å²) in [5, 5.41) is 24.3. The van der Waals surface area contributed by atoms with Gasteiger partial charge in [-0.3, -0.25) is 18.3 Å². The van der Waals surface area contributed by atoms with E-state index >= 15 is 0 Å². The van der Waals surface area contributed by atoms with E-state index in [0.29, 0.717) is 5.56 Å². The quantitative estimate of drug-likeness (QED) is 0.197. The number of aliphatic hydroxyl groups excluding tert-OH is 2. The molecule has 1 aliphatic rings. The first-order valence-electron chi connectivity index (χ1n) is 10.6. The molecule has 2 aromatic rings. The molecule has 1 aromatic carbocycles. The summed E-state index contributed by atoms with van der Waals surface area (Å²) in [5.74, 6) is -1.46. The predicted molar refractivity (Wildman–Crippen MR) is 120 cm³/mol. The van der Waals surface area contributed by atoms with Gasteiger partial charge in [0.05, 0.1) is 12.2 Å². The normalized spacial score (nSPS) is 24.4. The predicted octanol–water partition coefficient (Wildman–Crippen LogP) is 0.194. The highest BCUT2D eigenvalue weighted by Crippen LogP contribution is 2.55. The number of ether oxygens (including phenoxy) is 1. The molecule has 0 spiro atoms. The molecule has 19 heteroatoms. The van der Waals surface area contributed by atoms with Crippen LogP contribution in [0.3, 0.4) is 0 Å². The Morgan fingerprint density at radius 3 is 2.29 bits per heavy atom. The summed E-state index contributed by atoms with van der Waals surface area (Å²) >= 11 is 0. The lowest BCUT2D eigenvalue weighted by Gasteiger charge is -2.19. The van der Waals surface area contributed by atoms with Gasteiger partial charge in [-0.25, -0.2) is 4.79 Å². The van der Waals surface area contributed by atoms with E-state index in [2.05, 4.69) is 9.68 Å². The van der Waals surface area contributed by atoms with Crippen LogP contribution in [0.15, 0.2) is 46.5 Å². The molecule has 0 amide bonds. The van der Waals surface area contributed by atoms with Gasteiger partial charge in [-0.2, -0.15) is 13.2 Å². The first-order chi connectivity index (χ1) is 17.5. The average molecular weight is 589 g/mol. The van der Waals surface area contributed by atoms with Crippen molar-refractivity contribution in [2.45, 2.75) is 37.3 Å². The summed E-state index contributed by atoms with van der Waals surface area (Å²) in [6.45, 7) is -1.02. The van der Waals surface area contributed by atoms with Crippen LogP contribution in [0.4, 0.5) is 13.2 Å². The maximum Gasteiger partial charge on any atom is 0.416 e. The summed E-state index contributed by atoms with van der Waals surface area (Å²) < 4.78 is 72.6. The summed E-state index contributed by atoms with van der Waals surface area (Å²) in [7, 11) is -8.35. The first-order valence-corrected chi connectivity index (χ1v) is 14.2. The lowest BCUT2D eigenvalue weighted by Crippen LogP contribution is -2.42. The molecule has 1 aromatic heterocycles. The SMILES string of the molecule is Cn1c(=NOCc2ccc(C(F)(F)F)cc2)ccn([C@@H]2O[C@H](COP(=O)(O)CP(=O)(O)O)[C@@H](O)[C@H]2O)c1=O. The van der Waals surface area contributed by atoms with Crippen LogP contribution in [-0.4, -0.2) is 64.8 Å². The fraction of sp³-hybridized carbons (Fsp3) is 0.474. The molecule has 14 nitrogen and oxygen atoms in total. The zero-order valence-electron chi connectivity index (χ0n) is 19.5. The molecule has 0 aliphatic carbocycles. The molecule has 0 bridgehead atoms. The minimum Gasteiger partial charge on any atom is -0.389 e. The fourth-order valence-corrected chi connectivity index (χ4v) is 5.97. The third kappa shape index (κ3) is 7.62. The van der Waals surface area contributed by atoms with Crippen LogP contribution in [0.1, 0.15) is 17.4 Å². The number of alkyl halides is 3. The largest absolute Gasteiger partial charge is 0.416 e. The summed E-state index contributed by atoms with van der Waals surface area (Å²) in [4.78, 5) is 45.2. The van der Waals surface area contributed by atoms with Crippen molar-refractivity contribution in [3.8, 4) is 0 Å². The van der Waals surface area contributed by atoms with Crippen molar-refractivity contribution in [3.05, 3.63) is 63.6 Å². The van der Waals surface area contributed by atoms with Crippen LogP contribution >= 0.6 is 15.2 Å². The molecular weight excluding hydrogens is 565 g/mol. The Morgan fingerprint density at radius 2 is 1.71 bits per heavy atom. The zero-order valence-corrected chi connectivity index (χ0v) is 21.2. The number of halogens is 3. The summed E-state index contributed by atoms with van der Waals surface area (Å²) in [5.41, 5.74) is -1.24. The van der Waals surface area contributed by atoms with Gasteiger partial charge in [-0.15, -0.1) is 0 Å². The number of aliphatic hydroxyl groups is 2. The van der Waals surface area contributed by atoms with E-state index < -0.39 is 69.7 Å². The van der Waals surface area contributed by atoms with Gasteiger partial charge in [0.25, 0.3) is 0 Å². The molecule has 1 fully saturated rings. The molecule has 1 unspecified atom stereocenters. The fourth-order valence-electron chi connectivity index (χ4n) is 3.40. The van der Waals surface area contributed by atoms with Crippen molar-refractivity contribution in [1.29, 1.82) is 0 Å².